The molecule has 0 atom stereocenters. The molecule has 26 heavy (non-hydrogen) atoms. The monoisotopic (exact) mass is 424 g/mol. The van der Waals surface area contributed by atoms with Crippen molar-refractivity contribution in [1.82, 2.24) is 0 Å². The van der Waals surface area contributed by atoms with Crippen molar-refractivity contribution in [3.8, 4) is 0 Å². The topological polar surface area (TPSA) is 112 Å². The summed E-state index contributed by atoms with van der Waals surface area (Å²) in [4.78, 5) is 10.3. The van der Waals surface area contributed by atoms with E-state index in [4.69, 9.17) is 22.6 Å². The first-order valence-corrected chi connectivity index (χ1v) is 11.1. The van der Waals surface area contributed by atoms with Crippen molar-refractivity contribution in [3.63, 3.8) is 0 Å². The number of unbranched alkanes of at least 4 members (excludes halogenated alkanes) is 14. The van der Waals surface area contributed by atoms with Crippen LogP contribution in [0.2, 0.25) is 0 Å². The van der Waals surface area contributed by atoms with Crippen molar-refractivity contribution in [2.75, 3.05) is 0 Å². The van der Waals surface area contributed by atoms with E-state index in [-0.39, 0.29) is 37.7 Å². The van der Waals surface area contributed by atoms with Gasteiger partial charge < -0.3 is 5.11 Å². The average Bonchev–Trinajstić information content (AvgIpc) is 2.49. The van der Waals surface area contributed by atoms with Crippen LogP contribution in [0, 0.1) is 0 Å². The SMILES string of the molecule is CCCCCCCCCCCCCCCCCC(=O)O.O=S(=O)(O)O.[CaH2]. The summed E-state index contributed by atoms with van der Waals surface area (Å²) < 4.78 is 31.6. The van der Waals surface area contributed by atoms with Crippen LogP contribution in [-0.4, -0.2) is 66.3 Å². The van der Waals surface area contributed by atoms with E-state index in [9.17, 15) is 4.79 Å². The van der Waals surface area contributed by atoms with Crippen LogP contribution in [0.5, 0.6) is 0 Å². The van der Waals surface area contributed by atoms with Crippen LogP contribution in [0.4, 0.5) is 0 Å². The molecule has 0 saturated heterocycles. The van der Waals surface area contributed by atoms with Crippen molar-refractivity contribution in [2.45, 2.75) is 110 Å². The maximum atomic E-state index is 10.3. The molecule has 0 aromatic heterocycles. The van der Waals surface area contributed by atoms with Gasteiger partial charge in [-0.1, -0.05) is 96.8 Å². The van der Waals surface area contributed by atoms with Gasteiger partial charge in [-0.25, -0.2) is 0 Å². The van der Waals surface area contributed by atoms with Crippen LogP contribution < -0.4 is 0 Å². The van der Waals surface area contributed by atoms with E-state index in [0.29, 0.717) is 6.42 Å². The molecule has 0 radical (unpaired) electrons. The Labute approximate surface area is 190 Å². The first kappa shape index (κ1) is 31.3. The summed E-state index contributed by atoms with van der Waals surface area (Å²) in [5, 5.41) is 8.52. The molecule has 0 spiro atoms. The Morgan fingerprint density at radius 2 is 0.885 bits per heavy atom. The molecule has 0 fully saturated rings. The van der Waals surface area contributed by atoms with E-state index in [1.165, 1.54) is 83.5 Å². The second-order valence-electron chi connectivity index (χ2n) is 6.54. The molecule has 0 aliphatic heterocycles. The molecule has 156 valence electrons. The third-order valence-corrected chi connectivity index (χ3v) is 3.99. The molecule has 0 amide bonds. The van der Waals surface area contributed by atoms with Gasteiger partial charge in [-0.05, 0) is 6.42 Å². The number of hydrogen-bond donors (Lipinski definition) is 3. The zero-order chi connectivity index (χ0) is 19.4. The zero-order valence-corrected chi connectivity index (χ0v) is 16.6. The van der Waals surface area contributed by atoms with Crippen molar-refractivity contribution >= 4 is 54.1 Å². The van der Waals surface area contributed by atoms with Crippen molar-refractivity contribution in [2.24, 2.45) is 0 Å². The fourth-order valence-corrected chi connectivity index (χ4v) is 2.65. The number of rotatable bonds is 16. The first-order chi connectivity index (χ1) is 11.8. The minimum atomic E-state index is -4.67. The van der Waals surface area contributed by atoms with Gasteiger partial charge in [0.15, 0.2) is 0 Å². The molecule has 3 N–H and O–H groups in total. The van der Waals surface area contributed by atoms with Gasteiger partial charge in [0, 0.05) is 6.42 Å². The molecule has 8 heteroatoms. The summed E-state index contributed by atoms with van der Waals surface area (Å²) in [6, 6.07) is 0. The first-order valence-electron chi connectivity index (χ1n) is 9.69. The van der Waals surface area contributed by atoms with E-state index < -0.39 is 16.4 Å². The number of carbonyl (C=O) groups is 1. The molecule has 6 nitrogen and oxygen atoms in total. The summed E-state index contributed by atoms with van der Waals surface area (Å²) in [6.07, 6.45) is 20.2. The summed E-state index contributed by atoms with van der Waals surface area (Å²) in [6.45, 7) is 2.27. The van der Waals surface area contributed by atoms with E-state index >= 15 is 0 Å². The summed E-state index contributed by atoms with van der Waals surface area (Å²) in [7, 11) is -4.67. The fraction of sp³-hybridized carbons (Fsp3) is 0.944. The molecule has 0 aliphatic carbocycles. The Kier molecular flexibility index (Phi) is 28.5. The van der Waals surface area contributed by atoms with Crippen LogP contribution in [0.3, 0.4) is 0 Å². The second kappa shape index (κ2) is 23.6. The van der Waals surface area contributed by atoms with Crippen molar-refractivity contribution < 1.29 is 27.4 Å². The summed E-state index contributed by atoms with van der Waals surface area (Å²) >= 11 is 0. The Hall–Kier alpha value is 0.600. The molecule has 0 aliphatic rings. The van der Waals surface area contributed by atoms with Crippen LogP contribution >= 0.6 is 0 Å². The van der Waals surface area contributed by atoms with E-state index in [1.807, 2.05) is 0 Å². The van der Waals surface area contributed by atoms with Gasteiger partial charge in [0.05, 0.1) is 0 Å². The molecule has 0 aromatic rings. The minimum absolute atomic E-state index is 0. The van der Waals surface area contributed by atoms with Gasteiger partial charge in [-0.3, -0.25) is 13.9 Å². The zero-order valence-electron chi connectivity index (χ0n) is 15.8. The van der Waals surface area contributed by atoms with E-state index in [2.05, 4.69) is 6.92 Å². The van der Waals surface area contributed by atoms with Crippen LogP contribution in [0.1, 0.15) is 110 Å². The Bertz CT molecular complexity index is 379. The van der Waals surface area contributed by atoms with Gasteiger partial charge >= 0.3 is 54.1 Å². The van der Waals surface area contributed by atoms with Crippen LogP contribution in [0.25, 0.3) is 0 Å². The molecule has 0 aromatic carbocycles. The maximum absolute atomic E-state index is 10.3. The van der Waals surface area contributed by atoms with Gasteiger partial charge in [-0.2, -0.15) is 8.42 Å². The quantitative estimate of drug-likeness (QED) is 0.187. The normalized spacial score (nSPS) is 10.6. The molecular weight excluding hydrogens is 384 g/mol. The van der Waals surface area contributed by atoms with Gasteiger partial charge in [0.2, 0.25) is 0 Å². The third-order valence-electron chi connectivity index (χ3n) is 3.99. The molecule has 0 bridgehead atoms. The molecule has 0 rings (SSSR count). The van der Waals surface area contributed by atoms with Gasteiger partial charge in [0.25, 0.3) is 0 Å². The number of hydrogen-bond acceptors (Lipinski definition) is 3. The Morgan fingerprint density at radius 3 is 1.12 bits per heavy atom. The fourth-order valence-electron chi connectivity index (χ4n) is 2.65. The number of carboxylic acid groups (broad SMARTS) is 1. The number of aliphatic carboxylic acids is 1. The molecule has 0 saturated carbocycles. The van der Waals surface area contributed by atoms with Gasteiger partial charge in [0.1, 0.15) is 0 Å². The van der Waals surface area contributed by atoms with Gasteiger partial charge in [-0.15, -0.1) is 0 Å². The average molecular weight is 425 g/mol. The van der Waals surface area contributed by atoms with Crippen LogP contribution in [-0.2, 0) is 15.2 Å². The van der Waals surface area contributed by atoms with Crippen molar-refractivity contribution in [1.29, 1.82) is 0 Å². The predicted molar refractivity (Wildman–Crippen MR) is 110 cm³/mol. The predicted octanol–water partition coefficient (Wildman–Crippen LogP) is 4.76. The standard InChI is InChI=1S/C18H36O2.Ca.H2O4S.2H/c1-2-3-4-5-6-7-8-9-10-11-12-13-14-15-16-17-18(19)20;;1-5(2,3)4;;/h2-17H2,1H3,(H,19,20);;(H2,1,2,3,4);;. The molecule has 0 heterocycles. The summed E-state index contributed by atoms with van der Waals surface area (Å²) in [5.74, 6) is -0.653. The summed E-state index contributed by atoms with van der Waals surface area (Å²) in [5.41, 5.74) is 0. The molecule has 0 unspecified atom stereocenters. The van der Waals surface area contributed by atoms with E-state index in [1.54, 1.807) is 0 Å². The Morgan fingerprint density at radius 1 is 0.654 bits per heavy atom. The van der Waals surface area contributed by atoms with Crippen molar-refractivity contribution in [3.05, 3.63) is 0 Å². The molecular formula is C18H40CaO6S. The third kappa shape index (κ3) is 44.2. The Balaban J connectivity index is -0.000000772. The van der Waals surface area contributed by atoms with E-state index in [0.717, 1.165) is 12.8 Å². The van der Waals surface area contributed by atoms with Crippen LogP contribution in [0.15, 0.2) is 0 Å². The number of carboxylic acids is 1. The second-order valence-corrected chi connectivity index (χ2v) is 7.44.